The van der Waals surface area contributed by atoms with Crippen LogP contribution in [0.5, 0.6) is 0 Å². The number of rotatable bonds is 3. The fourth-order valence-corrected chi connectivity index (χ4v) is 0.948. The molecule has 0 N–H and O–H groups in total. The SMILES string of the molecule is CC(C)OC(=O)OC(C)I.CC(Cl)OC(=O)Cl. The molecule has 0 aliphatic carbocycles. The zero-order chi connectivity index (χ0) is 14.0. The summed E-state index contributed by atoms with van der Waals surface area (Å²) in [6.07, 6.45) is -0.709. The van der Waals surface area contributed by atoms with Crippen molar-refractivity contribution in [2.24, 2.45) is 0 Å². The average molecular weight is 401 g/mol. The molecule has 0 fully saturated rings. The van der Waals surface area contributed by atoms with Crippen LogP contribution in [0.2, 0.25) is 0 Å². The summed E-state index contributed by atoms with van der Waals surface area (Å²) in [5.41, 5.74) is -1.51. The van der Waals surface area contributed by atoms with Crippen LogP contribution in [0.3, 0.4) is 0 Å². The molecule has 0 aromatic carbocycles. The van der Waals surface area contributed by atoms with Crippen LogP contribution in [0.1, 0.15) is 27.7 Å². The van der Waals surface area contributed by atoms with Crippen molar-refractivity contribution in [3.05, 3.63) is 0 Å². The van der Waals surface area contributed by atoms with Gasteiger partial charge in [0.1, 0.15) is 0 Å². The summed E-state index contributed by atoms with van der Waals surface area (Å²) in [7, 11) is 0. The molecular formula is C9H15Cl2IO5. The van der Waals surface area contributed by atoms with Gasteiger partial charge in [-0.25, -0.2) is 9.59 Å². The fraction of sp³-hybridized carbons (Fsp3) is 0.778. The van der Waals surface area contributed by atoms with Crippen molar-refractivity contribution < 1.29 is 23.8 Å². The summed E-state index contributed by atoms with van der Waals surface area (Å²) in [6, 6.07) is 0. The number of hydrogen-bond acceptors (Lipinski definition) is 5. The predicted octanol–water partition coefficient (Wildman–Crippen LogP) is 4.28. The van der Waals surface area contributed by atoms with Crippen molar-refractivity contribution in [3.8, 4) is 0 Å². The molecule has 2 unspecified atom stereocenters. The first-order valence-corrected chi connectivity index (χ1v) is 6.72. The van der Waals surface area contributed by atoms with Crippen LogP contribution in [0.4, 0.5) is 9.59 Å². The Labute approximate surface area is 124 Å². The normalized spacial score (nSPS) is 12.9. The van der Waals surface area contributed by atoms with E-state index in [9.17, 15) is 9.59 Å². The molecular weight excluding hydrogens is 386 g/mol. The predicted molar refractivity (Wildman–Crippen MR) is 73.8 cm³/mol. The van der Waals surface area contributed by atoms with Crippen molar-refractivity contribution in [3.63, 3.8) is 0 Å². The summed E-state index contributed by atoms with van der Waals surface area (Å²) < 4.78 is 13.4. The number of ether oxygens (including phenoxy) is 3. The second-order valence-electron chi connectivity index (χ2n) is 2.98. The number of carbonyl (C=O) groups is 2. The number of halogens is 3. The van der Waals surface area contributed by atoms with Crippen LogP contribution in [0, 0.1) is 0 Å². The van der Waals surface area contributed by atoms with Crippen LogP contribution in [0.15, 0.2) is 0 Å². The highest BCUT2D eigenvalue weighted by molar-refractivity contribution is 14.1. The van der Waals surface area contributed by atoms with Gasteiger partial charge in [-0.1, -0.05) is 11.6 Å². The molecule has 0 aromatic heterocycles. The highest BCUT2D eigenvalue weighted by Gasteiger charge is 2.08. The lowest BCUT2D eigenvalue weighted by Gasteiger charge is -2.09. The van der Waals surface area contributed by atoms with Gasteiger partial charge in [0.2, 0.25) is 0 Å². The zero-order valence-corrected chi connectivity index (χ0v) is 13.6. The number of alkyl halides is 2. The Balaban J connectivity index is 0. The van der Waals surface area contributed by atoms with Gasteiger partial charge in [0.05, 0.1) is 6.10 Å². The van der Waals surface area contributed by atoms with E-state index in [1.807, 2.05) is 22.6 Å². The maximum Gasteiger partial charge on any atom is 0.509 e. The molecule has 0 radical (unpaired) electrons. The topological polar surface area (TPSA) is 61.8 Å². The van der Waals surface area contributed by atoms with Gasteiger partial charge in [-0.2, -0.15) is 0 Å². The third-order valence-corrected chi connectivity index (χ3v) is 1.28. The van der Waals surface area contributed by atoms with Gasteiger partial charge in [-0.3, -0.25) is 0 Å². The molecule has 8 heteroatoms. The van der Waals surface area contributed by atoms with Crippen molar-refractivity contribution in [2.45, 2.75) is 43.5 Å². The van der Waals surface area contributed by atoms with Gasteiger partial charge >= 0.3 is 11.6 Å². The summed E-state index contributed by atoms with van der Waals surface area (Å²) in [5, 5.41) is 0. The molecule has 102 valence electrons. The summed E-state index contributed by atoms with van der Waals surface area (Å²) in [6.45, 7) is 6.82. The minimum atomic E-state index is -0.873. The molecule has 2 atom stereocenters. The van der Waals surface area contributed by atoms with E-state index < -0.39 is 17.1 Å². The van der Waals surface area contributed by atoms with Gasteiger partial charge in [-0.05, 0) is 50.3 Å². The number of carbonyl (C=O) groups excluding carboxylic acids is 2. The lowest BCUT2D eigenvalue weighted by atomic mass is 10.5. The van der Waals surface area contributed by atoms with E-state index in [0.29, 0.717) is 0 Å². The standard InChI is InChI=1S/C6H11IO3.C3H4Cl2O2/c1-4(2)9-6(8)10-5(3)7;1-2(4)7-3(5)6/h4-5H,1-3H3;2H,1H3. The molecule has 5 nitrogen and oxygen atoms in total. The molecule has 0 saturated heterocycles. The first kappa shape index (κ1) is 19.4. The molecule has 0 aliphatic rings. The highest BCUT2D eigenvalue weighted by atomic mass is 127. The molecule has 17 heavy (non-hydrogen) atoms. The van der Waals surface area contributed by atoms with Crippen LogP contribution in [-0.2, 0) is 14.2 Å². The van der Waals surface area contributed by atoms with E-state index in [0.717, 1.165) is 0 Å². The second-order valence-corrected chi connectivity index (χ2v) is 5.65. The second kappa shape index (κ2) is 11.2. The average Bonchev–Trinajstić information content (AvgIpc) is 1.97. The molecule has 0 heterocycles. The molecule has 0 amide bonds. The Morgan fingerprint density at radius 2 is 1.53 bits per heavy atom. The van der Waals surface area contributed by atoms with E-state index in [4.69, 9.17) is 27.9 Å². The van der Waals surface area contributed by atoms with E-state index in [-0.39, 0.29) is 10.2 Å². The third kappa shape index (κ3) is 21.8. The first-order valence-electron chi connectivity index (χ1n) is 4.66. The Bertz CT molecular complexity index is 221. The maximum atomic E-state index is 10.6. The lowest BCUT2D eigenvalue weighted by Crippen LogP contribution is -2.15. The number of hydrogen-bond donors (Lipinski definition) is 0. The van der Waals surface area contributed by atoms with E-state index in [1.165, 1.54) is 6.92 Å². The highest BCUT2D eigenvalue weighted by Crippen LogP contribution is 2.03. The largest absolute Gasteiger partial charge is 0.509 e. The van der Waals surface area contributed by atoms with E-state index in [1.54, 1.807) is 20.8 Å². The quantitative estimate of drug-likeness (QED) is 0.306. The molecule has 0 saturated carbocycles. The minimum absolute atomic E-state index is 0.109. The zero-order valence-electron chi connectivity index (χ0n) is 9.91. The monoisotopic (exact) mass is 400 g/mol. The summed E-state index contributed by atoms with van der Waals surface area (Å²) >= 11 is 11.9. The summed E-state index contributed by atoms with van der Waals surface area (Å²) in [5.74, 6) is 0. The Morgan fingerprint density at radius 3 is 1.71 bits per heavy atom. The van der Waals surface area contributed by atoms with Crippen molar-refractivity contribution >= 4 is 57.4 Å². The first-order chi connectivity index (χ1) is 7.65. The van der Waals surface area contributed by atoms with Crippen molar-refractivity contribution in [2.75, 3.05) is 0 Å². The lowest BCUT2D eigenvalue weighted by molar-refractivity contribution is 0.0342. The van der Waals surface area contributed by atoms with E-state index >= 15 is 0 Å². The Morgan fingerprint density at radius 1 is 1.06 bits per heavy atom. The van der Waals surface area contributed by atoms with Gasteiger partial charge in [0.15, 0.2) is 9.67 Å². The van der Waals surface area contributed by atoms with Crippen LogP contribution in [0.25, 0.3) is 0 Å². The molecule has 0 rings (SSSR count). The van der Waals surface area contributed by atoms with Gasteiger partial charge in [0.25, 0.3) is 0 Å². The third-order valence-electron chi connectivity index (χ3n) is 0.846. The van der Waals surface area contributed by atoms with Crippen molar-refractivity contribution in [1.29, 1.82) is 0 Å². The molecule has 0 aromatic rings. The fourth-order valence-electron chi connectivity index (χ4n) is 0.480. The molecule has 0 spiro atoms. The van der Waals surface area contributed by atoms with Gasteiger partial charge in [-0.15, -0.1) is 0 Å². The van der Waals surface area contributed by atoms with Crippen LogP contribution in [-0.4, -0.2) is 27.4 Å². The Kier molecular flexibility index (Phi) is 12.7. The summed E-state index contributed by atoms with van der Waals surface area (Å²) in [4.78, 5) is 20.3. The van der Waals surface area contributed by atoms with E-state index in [2.05, 4.69) is 9.47 Å². The van der Waals surface area contributed by atoms with Crippen LogP contribution < -0.4 is 0 Å². The maximum absolute atomic E-state index is 10.6. The molecule has 0 aliphatic heterocycles. The minimum Gasteiger partial charge on any atom is -0.434 e. The molecule has 0 bridgehead atoms. The van der Waals surface area contributed by atoms with Crippen LogP contribution >= 0.6 is 45.8 Å². The smallest absolute Gasteiger partial charge is 0.434 e. The van der Waals surface area contributed by atoms with Gasteiger partial charge in [0, 0.05) is 11.6 Å². The van der Waals surface area contributed by atoms with Gasteiger partial charge < -0.3 is 14.2 Å². The Hall–Kier alpha value is 0.0500. The van der Waals surface area contributed by atoms with Crippen molar-refractivity contribution in [1.82, 2.24) is 0 Å².